The molecule has 0 aliphatic carbocycles. The highest BCUT2D eigenvalue weighted by atomic mass is 35.5. The molecule has 2 rings (SSSR count). The average Bonchev–Trinajstić information content (AvgIpc) is 2.84. The Kier molecular flexibility index (Phi) is 3.93. The molecule has 0 bridgehead atoms. The standard InChI is InChI=1S/C11H13ClN4O/c1-17-10-5-3-2-4-9(10)6-7-16-11(8-12)13-14-15-16/h2-5H,6-8H2,1H3. The van der Waals surface area contributed by atoms with E-state index in [4.69, 9.17) is 16.3 Å². The zero-order valence-corrected chi connectivity index (χ0v) is 10.3. The number of aryl methyl sites for hydroxylation is 2. The summed E-state index contributed by atoms with van der Waals surface area (Å²) in [7, 11) is 1.67. The number of rotatable bonds is 5. The summed E-state index contributed by atoms with van der Waals surface area (Å²) >= 11 is 5.73. The molecule has 1 aromatic heterocycles. The summed E-state index contributed by atoms with van der Waals surface area (Å²) in [5, 5.41) is 11.3. The van der Waals surface area contributed by atoms with E-state index in [-0.39, 0.29) is 0 Å². The molecule has 1 aromatic carbocycles. The highest BCUT2D eigenvalue weighted by molar-refractivity contribution is 6.16. The van der Waals surface area contributed by atoms with Crippen LogP contribution in [-0.2, 0) is 18.8 Å². The lowest BCUT2D eigenvalue weighted by Gasteiger charge is -2.08. The van der Waals surface area contributed by atoms with Crippen molar-refractivity contribution >= 4 is 11.6 Å². The van der Waals surface area contributed by atoms with Gasteiger partial charge in [0, 0.05) is 6.54 Å². The van der Waals surface area contributed by atoms with Gasteiger partial charge in [-0.15, -0.1) is 16.7 Å². The van der Waals surface area contributed by atoms with Crippen LogP contribution < -0.4 is 4.74 Å². The maximum Gasteiger partial charge on any atom is 0.166 e. The second kappa shape index (κ2) is 5.63. The van der Waals surface area contributed by atoms with E-state index in [2.05, 4.69) is 15.5 Å². The Balaban J connectivity index is 2.07. The van der Waals surface area contributed by atoms with Crippen molar-refractivity contribution in [2.45, 2.75) is 18.8 Å². The van der Waals surface area contributed by atoms with Gasteiger partial charge >= 0.3 is 0 Å². The zero-order valence-electron chi connectivity index (χ0n) is 9.51. The van der Waals surface area contributed by atoms with Crippen molar-refractivity contribution in [3.63, 3.8) is 0 Å². The van der Waals surface area contributed by atoms with E-state index in [0.29, 0.717) is 18.2 Å². The number of ether oxygens (including phenoxy) is 1. The third-order valence-electron chi connectivity index (χ3n) is 2.51. The van der Waals surface area contributed by atoms with Crippen LogP contribution in [-0.4, -0.2) is 27.3 Å². The number of methoxy groups -OCH3 is 1. The predicted octanol–water partition coefficient (Wildman–Crippen LogP) is 1.66. The fourth-order valence-corrected chi connectivity index (χ4v) is 1.82. The summed E-state index contributed by atoms with van der Waals surface area (Å²) in [6, 6.07) is 7.91. The lowest BCUT2D eigenvalue weighted by Crippen LogP contribution is -2.07. The molecule has 0 fully saturated rings. The summed E-state index contributed by atoms with van der Waals surface area (Å²) in [5.74, 6) is 1.88. The molecule has 1 heterocycles. The van der Waals surface area contributed by atoms with Crippen LogP contribution >= 0.6 is 11.6 Å². The maximum atomic E-state index is 5.73. The first-order valence-electron chi connectivity index (χ1n) is 5.28. The summed E-state index contributed by atoms with van der Waals surface area (Å²) < 4.78 is 6.99. The second-order valence-electron chi connectivity index (χ2n) is 3.51. The van der Waals surface area contributed by atoms with Gasteiger partial charge in [0.25, 0.3) is 0 Å². The first kappa shape index (κ1) is 11.9. The van der Waals surface area contributed by atoms with Crippen LogP contribution in [0.25, 0.3) is 0 Å². The molecule has 0 aliphatic rings. The number of halogens is 1. The number of hydrogen-bond acceptors (Lipinski definition) is 4. The Labute approximate surface area is 104 Å². The molecule has 0 N–H and O–H groups in total. The molecule has 2 aromatic rings. The Morgan fingerprint density at radius 2 is 2.18 bits per heavy atom. The normalized spacial score (nSPS) is 10.5. The SMILES string of the molecule is COc1ccccc1CCn1nnnc1CCl. The van der Waals surface area contributed by atoms with Gasteiger partial charge in [-0.3, -0.25) is 0 Å². The smallest absolute Gasteiger partial charge is 0.166 e. The molecule has 0 aliphatic heterocycles. The van der Waals surface area contributed by atoms with Crippen LogP contribution in [0.2, 0.25) is 0 Å². The molecular weight excluding hydrogens is 240 g/mol. The largest absolute Gasteiger partial charge is 0.496 e. The Morgan fingerprint density at radius 1 is 1.35 bits per heavy atom. The number of benzene rings is 1. The highest BCUT2D eigenvalue weighted by Crippen LogP contribution is 2.18. The van der Waals surface area contributed by atoms with Gasteiger partial charge in [0.1, 0.15) is 5.75 Å². The van der Waals surface area contributed by atoms with Crippen molar-refractivity contribution in [2.75, 3.05) is 7.11 Å². The lowest BCUT2D eigenvalue weighted by molar-refractivity contribution is 0.407. The molecule has 5 nitrogen and oxygen atoms in total. The van der Waals surface area contributed by atoms with E-state index in [1.54, 1.807) is 11.8 Å². The van der Waals surface area contributed by atoms with E-state index >= 15 is 0 Å². The zero-order chi connectivity index (χ0) is 12.1. The molecule has 0 radical (unpaired) electrons. The summed E-state index contributed by atoms with van der Waals surface area (Å²) in [5.41, 5.74) is 1.13. The van der Waals surface area contributed by atoms with Crippen LogP contribution in [0.1, 0.15) is 11.4 Å². The molecule has 17 heavy (non-hydrogen) atoms. The van der Waals surface area contributed by atoms with Crippen molar-refractivity contribution < 1.29 is 4.74 Å². The van der Waals surface area contributed by atoms with Gasteiger partial charge < -0.3 is 4.74 Å². The molecule has 0 spiro atoms. The fraction of sp³-hybridized carbons (Fsp3) is 0.364. The van der Waals surface area contributed by atoms with Gasteiger partial charge in [0.15, 0.2) is 5.82 Å². The minimum absolute atomic E-state index is 0.318. The number of nitrogens with zero attached hydrogens (tertiary/aromatic N) is 4. The van der Waals surface area contributed by atoms with E-state index < -0.39 is 0 Å². The van der Waals surface area contributed by atoms with Gasteiger partial charge in [-0.05, 0) is 28.5 Å². The number of tetrazole rings is 1. The van der Waals surface area contributed by atoms with Crippen molar-refractivity contribution in [3.8, 4) is 5.75 Å². The van der Waals surface area contributed by atoms with E-state index in [1.807, 2.05) is 24.3 Å². The van der Waals surface area contributed by atoms with E-state index in [0.717, 1.165) is 17.7 Å². The van der Waals surface area contributed by atoms with Crippen molar-refractivity contribution in [1.82, 2.24) is 20.2 Å². The van der Waals surface area contributed by atoms with Crippen molar-refractivity contribution in [2.24, 2.45) is 0 Å². The third kappa shape index (κ3) is 2.74. The minimum atomic E-state index is 0.318. The number of aromatic nitrogens is 4. The first-order valence-corrected chi connectivity index (χ1v) is 5.81. The Hall–Kier alpha value is -1.62. The molecule has 0 saturated carbocycles. The molecule has 0 atom stereocenters. The van der Waals surface area contributed by atoms with Crippen LogP contribution in [0, 0.1) is 0 Å². The van der Waals surface area contributed by atoms with Gasteiger partial charge in [0.2, 0.25) is 0 Å². The van der Waals surface area contributed by atoms with Crippen LogP contribution in [0.4, 0.5) is 0 Å². The van der Waals surface area contributed by atoms with Gasteiger partial charge in [-0.1, -0.05) is 18.2 Å². The van der Waals surface area contributed by atoms with Crippen molar-refractivity contribution in [3.05, 3.63) is 35.7 Å². The maximum absolute atomic E-state index is 5.73. The van der Waals surface area contributed by atoms with Crippen LogP contribution in [0.15, 0.2) is 24.3 Å². The van der Waals surface area contributed by atoms with E-state index in [1.165, 1.54) is 0 Å². The minimum Gasteiger partial charge on any atom is -0.496 e. The van der Waals surface area contributed by atoms with Crippen molar-refractivity contribution in [1.29, 1.82) is 0 Å². The summed E-state index contributed by atoms with van der Waals surface area (Å²) in [4.78, 5) is 0. The Bertz CT molecular complexity index is 486. The van der Waals surface area contributed by atoms with Crippen LogP contribution in [0.5, 0.6) is 5.75 Å². The van der Waals surface area contributed by atoms with Gasteiger partial charge in [0.05, 0.1) is 13.0 Å². The number of alkyl halides is 1. The molecule has 0 amide bonds. The fourth-order valence-electron chi connectivity index (χ4n) is 1.63. The molecule has 90 valence electrons. The molecule has 6 heteroatoms. The predicted molar refractivity (Wildman–Crippen MR) is 64.1 cm³/mol. The monoisotopic (exact) mass is 252 g/mol. The molecular formula is C11H13ClN4O. The lowest BCUT2D eigenvalue weighted by atomic mass is 10.1. The van der Waals surface area contributed by atoms with Gasteiger partial charge in [-0.2, -0.15) is 0 Å². The molecule has 0 unspecified atom stereocenters. The van der Waals surface area contributed by atoms with Crippen LogP contribution in [0.3, 0.4) is 0 Å². The summed E-state index contributed by atoms with van der Waals surface area (Å²) in [6.07, 6.45) is 0.805. The quantitative estimate of drug-likeness (QED) is 0.760. The topological polar surface area (TPSA) is 52.8 Å². The van der Waals surface area contributed by atoms with E-state index in [9.17, 15) is 0 Å². The number of hydrogen-bond donors (Lipinski definition) is 0. The van der Waals surface area contributed by atoms with Gasteiger partial charge in [-0.25, -0.2) is 4.68 Å². The highest BCUT2D eigenvalue weighted by Gasteiger charge is 2.06. The first-order chi connectivity index (χ1) is 8.35. The molecule has 0 saturated heterocycles. The summed E-state index contributed by atoms with van der Waals surface area (Å²) in [6.45, 7) is 0.690. The number of para-hydroxylation sites is 1. The third-order valence-corrected chi connectivity index (χ3v) is 2.75. The Morgan fingerprint density at radius 3 is 2.94 bits per heavy atom. The second-order valence-corrected chi connectivity index (χ2v) is 3.78. The average molecular weight is 253 g/mol.